The predicted molar refractivity (Wildman–Crippen MR) is 203 cm³/mol. The Hall–Kier alpha value is -5.10. The van der Waals surface area contributed by atoms with E-state index in [0.29, 0.717) is 31.2 Å². The smallest absolute Gasteiger partial charge is 0.326 e. The Kier molecular flexibility index (Phi) is 17.2. The highest BCUT2D eigenvalue weighted by molar-refractivity contribution is 5.98. The Balaban J connectivity index is 1.82. The average Bonchev–Trinajstić information content (AvgIpc) is 3.85. The summed E-state index contributed by atoms with van der Waals surface area (Å²) in [6, 6.07) is 0.348. The van der Waals surface area contributed by atoms with Crippen molar-refractivity contribution in [3.63, 3.8) is 0 Å². The van der Waals surface area contributed by atoms with Crippen LogP contribution in [-0.4, -0.2) is 129 Å². The molecule has 2 aliphatic heterocycles. The van der Waals surface area contributed by atoms with Crippen LogP contribution in [0.25, 0.3) is 0 Å². The molecule has 18 heteroatoms. The fourth-order valence-electron chi connectivity index (χ4n) is 7.02. The molecule has 2 saturated heterocycles. The molecule has 2 fully saturated rings. The summed E-state index contributed by atoms with van der Waals surface area (Å²) in [4.78, 5) is 108. The maximum Gasteiger partial charge on any atom is 0.326 e. The molecule has 0 aliphatic carbocycles. The van der Waals surface area contributed by atoms with Gasteiger partial charge in [-0.2, -0.15) is 0 Å². The number of aliphatic carboxylic acids is 1. The molecule has 3 rings (SSSR count). The number of likely N-dealkylation sites (tertiary alicyclic amines) is 2. The number of nitrogens with one attached hydrogen (secondary N) is 4. The number of carboxylic acid groups (broad SMARTS) is 1. The number of rotatable bonds is 20. The predicted octanol–water partition coefficient (Wildman–Crippen LogP) is -1.48. The van der Waals surface area contributed by atoms with Crippen LogP contribution in [-0.2, 0) is 44.8 Å². The number of nitrogens with zero attached hydrogens (tertiary/aromatic N) is 2. The normalized spacial score (nSPS) is 19.9. The second-order valence-electron chi connectivity index (χ2n) is 15.1. The largest absolute Gasteiger partial charge is 0.480 e. The van der Waals surface area contributed by atoms with Gasteiger partial charge in [0.1, 0.15) is 36.3 Å². The maximum absolute atomic E-state index is 14.3. The molecule has 0 saturated carbocycles. The zero-order valence-electron chi connectivity index (χ0n) is 32.6. The second-order valence-corrected chi connectivity index (χ2v) is 15.1. The summed E-state index contributed by atoms with van der Waals surface area (Å²) < 4.78 is 0. The molecular formula is C38H58N8O10. The van der Waals surface area contributed by atoms with Crippen molar-refractivity contribution in [2.75, 3.05) is 19.7 Å². The lowest BCUT2D eigenvalue weighted by atomic mass is 9.97. The molecule has 310 valence electrons. The van der Waals surface area contributed by atoms with Crippen LogP contribution in [0.3, 0.4) is 0 Å². The molecule has 56 heavy (non-hydrogen) atoms. The van der Waals surface area contributed by atoms with Crippen molar-refractivity contribution in [2.24, 2.45) is 23.3 Å². The van der Waals surface area contributed by atoms with Crippen LogP contribution < -0.4 is 32.7 Å². The summed E-state index contributed by atoms with van der Waals surface area (Å²) in [7, 11) is 0. The third-order valence-corrected chi connectivity index (χ3v) is 10.2. The Morgan fingerprint density at radius 2 is 1.34 bits per heavy atom. The lowest BCUT2D eigenvalue weighted by molar-refractivity contribution is -0.150. The quantitative estimate of drug-likeness (QED) is 0.0755. The molecular weight excluding hydrogens is 728 g/mol. The van der Waals surface area contributed by atoms with Crippen LogP contribution in [0.4, 0.5) is 0 Å². The van der Waals surface area contributed by atoms with E-state index in [0.717, 1.165) is 4.90 Å². The number of primary amides is 1. The second kappa shape index (κ2) is 21.3. The van der Waals surface area contributed by atoms with Crippen molar-refractivity contribution in [2.45, 2.75) is 121 Å². The number of aliphatic hydroxyl groups excluding tert-OH is 1. The van der Waals surface area contributed by atoms with Gasteiger partial charge in [0.15, 0.2) is 0 Å². The van der Waals surface area contributed by atoms with Crippen LogP contribution in [0.1, 0.15) is 78.2 Å². The van der Waals surface area contributed by atoms with Crippen molar-refractivity contribution < 1.29 is 48.6 Å². The summed E-state index contributed by atoms with van der Waals surface area (Å²) in [5.41, 5.74) is 12.1. The minimum absolute atomic E-state index is 0.00537. The molecule has 8 atom stereocenters. The van der Waals surface area contributed by atoms with E-state index >= 15 is 0 Å². The van der Waals surface area contributed by atoms with Gasteiger partial charge in [0.2, 0.25) is 41.4 Å². The third kappa shape index (κ3) is 12.5. The first-order chi connectivity index (χ1) is 26.5. The van der Waals surface area contributed by atoms with Crippen LogP contribution in [0.2, 0.25) is 0 Å². The van der Waals surface area contributed by atoms with E-state index in [1.807, 2.05) is 13.8 Å². The Bertz CT molecular complexity index is 1580. The fraction of sp³-hybridized carbons (Fsp3) is 0.632. The van der Waals surface area contributed by atoms with Crippen molar-refractivity contribution in [1.29, 1.82) is 0 Å². The number of benzene rings is 1. The van der Waals surface area contributed by atoms with E-state index in [9.17, 15) is 48.6 Å². The number of hydrogen-bond acceptors (Lipinski definition) is 10. The SMILES string of the molecule is CC[C@H](C)[C@H](NC(=O)[C@@H]1CCCN1C(=O)[C@H](Cc1ccccc1)NC(=O)[C@H](CC(N)=O)NC(=O)[C@@H](N)CC(C)C)C(=O)N[C@@H](CO)C(=O)N1CCC[C@H]1C(=O)O. The highest BCUT2D eigenvalue weighted by atomic mass is 16.4. The zero-order chi connectivity index (χ0) is 41.7. The maximum atomic E-state index is 14.3. The number of carboxylic acids is 1. The molecule has 1 aromatic carbocycles. The van der Waals surface area contributed by atoms with Gasteiger partial charge in [0, 0.05) is 19.5 Å². The summed E-state index contributed by atoms with van der Waals surface area (Å²) >= 11 is 0. The van der Waals surface area contributed by atoms with Crippen LogP contribution in [0.5, 0.6) is 0 Å². The first-order valence-corrected chi connectivity index (χ1v) is 19.2. The summed E-state index contributed by atoms with van der Waals surface area (Å²) in [5, 5.41) is 29.9. The number of hydrogen-bond donors (Lipinski definition) is 8. The number of carbonyl (C=O) groups is 8. The van der Waals surface area contributed by atoms with Gasteiger partial charge >= 0.3 is 5.97 Å². The standard InChI is InChI=1S/C38H58N8O10/c1-5-22(4)31(35(52)43-27(20-47)37(54)46-16-10-14-29(46)38(55)56)44-34(51)28-13-9-15-45(28)36(53)26(18-23-11-7-6-8-12-23)42-33(50)25(19-30(40)48)41-32(49)24(39)17-21(2)3/h6-8,11-12,21-22,24-29,31,47H,5,9-10,13-20,39H2,1-4H3,(H2,40,48)(H,41,49)(H,42,50)(H,43,52)(H,44,51)(H,55,56)/t22-,24-,25-,26-,27-,28-,29-,31-/m0/s1. The van der Waals surface area contributed by atoms with Gasteiger partial charge in [-0.15, -0.1) is 0 Å². The number of nitrogens with two attached hydrogens (primary N) is 2. The molecule has 0 radical (unpaired) electrons. The van der Waals surface area contributed by atoms with Crippen LogP contribution >= 0.6 is 0 Å². The summed E-state index contributed by atoms with van der Waals surface area (Å²) in [6.07, 6.45) is 1.51. The van der Waals surface area contributed by atoms with Gasteiger partial charge in [-0.25, -0.2) is 4.79 Å². The van der Waals surface area contributed by atoms with Gasteiger partial charge in [0.25, 0.3) is 0 Å². The lowest BCUT2D eigenvalue weighted by Gasteiger charge is -2.32. The Morgan fingerprint density at radius 3 is 1.89 bits per heavy atom. The molecule has 2 heterocycles. The van der Waals surface area contributed by atoms with Crippen LogP contribution in [0.15, 0.2) is 30.3 Å². The Labute approximate surface area is 326 Å². The van der Waals surface area contributed by atoms with E-state index in [2.05, 4.69) is 21.3 Å². The zero-order valence-corrected chi connectivity index (χ0v) is 32.6. The minimum Gasteiger partial charge on any atom is -0.480 e. The topological polar surface area (TPSA) is 284 Å². The lowest BCUT2D eigenvalue weighted by Crippen LogP contribution is -2.61. The van der Waals surface area contributed by atoms with E-state index < -0.39 is 109 Å². The average molecular weight is 787 g/mol. The minimum atomic E-state index is -1.45. The molecule has 7 amide bonds. The number of carbonyl (C=O) groups excluding carboxylic acids is 7. The van der Waals surface area contributed by atoms with Gasteiger partial charge < -0.3 is 52.7 Å². The van der Waals surface area contributed by atoms with Gasteiger partial charge in [-0.3, -0.25) is 33.6 Å². The highest BCUT2D eigenvalue weighted by Gasteiger charge is 2.42. The van der Waals surface area contributed by atoms with Gasteiger partial charge in [-0.05, 0) is 49.5 Å². The van der Waals surface area contributed by atoms with E-state index in [4.69, 9.17) is 11.5 Å². The molecule has 2 aliphatic rings. The summed E-state index contributed by atoms with van der Waals surface area (Å²) in [6.45, 7) is 6.74. The molecule has 0 unspecified atom stereocenters. The third-order valence-electron chi connectivity index (χ3n) is 10.2. The van der Waals surface area contributed by atoms with E-state index in [1.165, 1.54) is 4.90 Å². The van der Waals surface area contributed by atoms with Crippen molar-refractivity contribution >= 4 is 47.3 Å². The fourth-order valence-corrected chi connectivity index (χ4v) is 7.02. The highest BCUT2D eigenvalue weighted by Crippen LogP contribution is 2.22. The summed E-state index contributed by atoms with van der Waals surface area (Å²) in [5.74, 6) is -6.78. The van der Waals surface area contributed by atoms with Crippen LogP contribution in [0, 0.1) is 11.8 Å². The number of aliphatic hydroxyl groups is 1. The Morgan fingerprint density at radius 1 is 0.786 bits per heavy atom. The van der Waals surface area contributed by atoms with Crippen molar-refractivity contribution in [1.82, 2.24) is 31.1 Å². The molecule has 0 spiro atoms. The van der Waals surface area contributed by atoms with Crippen molar-refractivity contribution in [3.05, 3.63) is 35.9 Å². The number of amides is 7. The van der Waals surface area contributed by atoms with E-state index in [1.54, 1.807) is 44.2 Å². The van der Waals surface area contributed by atoms with Crippen molar-refractivity contribution in [3.8, 4) is 0 Å². The monoisotopic (exact) mass is 786 g/mol. The van der Waals surface area contributed by atoms with E-state index in [-0.39, 0.29) is 38.3 Å². The first-order valence-electron chi connectivity index (χ1n) is 19.2. The first kappa shape index (κ1) is 45.3. The molecule has 0 aromatic heterocycles. The van der Waals surface area contributed by atoms with Gasteiger partial charge in [0.05, 0.1) is 19.1 Å². The molecule has 18 nitrogen and oxygen atoms in total. The molecule has 0 bridgehead atoms. The molecule has 1 aromatic rings. The molecule has 10 N–H and O–H groups in total. The van der Waals surface area contributed by atoms with Gasteiger partial charge in [-0.1, -0.05) is 64.4 Å².